The number of hydrogen-bond acceptors (Lipinski definition) is 1. The third kappa shape index (κ3) is 120. The van der Waals surface area contributed by atoms with Gasteiger partial charge in [0, 0.05) is 0 Å². The summed E-state index contributed by atoms with van der Waals surface area (Å²) in [7, 11) is 1.50. The Morgan fingerprint density at radius 1 is 0.500 bits per heavy atom. The molecule has 0 radical (unpaired) electrons. The standard InChI is InChI=1S/CH5N.6ClH/c1-2;;;;;;/h2H2,1H3;6*1H. The summed E-state index contributed by atoms with van der Waals surface area (Å²) < 4.78 is 0. The van der Waals surface area contributed by atoms with Gasteiger partial charge in [0.15, 0.2) is 0 Å². The van der Waals surface area contributed by atoms with Gasteiger partial charge in [0.05, 0.1) is 0 Å². The SMILES string of the molecule is CN.Cl.Cl.Cl.Cl.Cl.Cl. The van der Waals surface area contributed by atoms with E-state index in [-0.39, 0.29) is 74.4 Å². The zero-order valence-electron chi connectivity index (χ0n) is 4.03. The van der Waals surface area contributed by atoms with Crippen LogP contribution in [0.5, 0.6) is 0 Å². The molecule has 1 nitrogen and oxygen atoms in total. The fourth-order valence-electron chi connectivity index (χ4n) is 0. The smallest absolute Gasteiger partial charge is 0.0195 e. The molecule has 0 aromatic rings. The molecule has 0 fully saturated rings. The maximum Gasteiger partial charge on any atom is -0.0195 e. The van der Waals surface area contributed by atoms with Crippen molar-refractivity contribution >= 4 is 74.4 Å². The van der Waals surface area contributed by atoms with Crippen LogP contribution in [0, 0.1) is 0 Å². The molecule has 0 aliphatic carbocycles. The monoisotopic (exact) mass is 247 g/mol. The highest BCUT2D eigenvalue weighted by molar-refractivity contribution is 5.86. The third-order valence-corrected chi connectivity index (χ3v) is 0. The quantitative estimate of drug-likeness (QED) is 0.699. The van der Waals surface area contributed by atoms with E-state index in [9.17, 15) is 0 Å². The van der Waals surface area contributed by atoms with Gasteiger partial charge in [-0.25, -0.2) is 0 Å². The van der Waals surface area contributed by atoms with Gasteiger partial charge in [0.1, 0.15) is 0 Å². The van der Waals surface area contributed by atoms with Gasteiger partial charge in [-0.15, -0.1) is 74.4 Å². The topological polar surface area (TPSA) is 26.0 Å². The Morgan fingerprint density at radius 3 is 0.500 bits per heavy atom. The minimum absolute atomic E-state index is 0. The van der Waals surface area contributed by atoms with Gasteiger partial charge in [-0.05, 0) is 7.05 Å². The van der Waals surface area contributed by atoms with E-state index in [4.69, 9.17) is 0 Å². The van der Waals surface area contributed by atoms with Crippen molar-refractivity contribution in [1.29, 1.82) is 0 Å². The van der Waals surface area contributed by atoms with E-state index in [1.165, 1.54) is 7.05 Å². The van der Waals surface area contributed by atoms with Crippen molar-refractivity contribution in [2.75, 3.05) is 7.05 Å². The summed E-state index contributed by atoms with van der Waals surface area (Å²) in [5, 5.41) is 0. The lowest BCUT2D eigenvalue weighted by Crippen LogP contribution is -1.69. The van der Waals surface area contributed by atoms with Crippen LogP contribution in [0.15, 0.2) is 0 Å². The average Bonchev–Trinajstić information content (AvgIpc) is 1.00. The molecule has 0 saturated carbocycles. The maximum atomic E-state index is 4.50. The summed E-state index contributed by atoms with van der Waals surface area (Å²) in [6.07, 6.45) is 0. The number of nitrogens with two attached hydrogens (primary N) is 1. The van der Waals surface area contributed by atoms with Crippen molar-refractivity contribution in [3.63, 3.8) is 0 Å². The van der Waals surface area contributed by atoms with Gasteiger partial charge in [-0.2, -0.15) is 0 Å². The molecule has 62 valence electrons. The molecule has 0 aromatic heterocycles. The lowest BCUT2D eigenvalue weighted by atomic mass is 11.6. The molecule has 8 heavy (non-hydrogen) atoms. The Balaban J connectivity index is -0.000000000333. The molecule has 0 rings (SSSR count). The first kappa shape index (κ1) is 101. The van der Waals surface area contributed by atoms with E-state index in [1.807, 2.05) is 0 Å². The van der Waals surface area contributed by atoms with E-state index < -0.39 is 0 Å². The van der Waals surface area contributed by atoms with Gasteiger partial charge in [-0.1, -0.05) is 0 Å². The lowest BCUT2D eigenvalue weighted by molar-refractivity contribution is 1.48. The van der Waals surface area contributed by atoms with Gasteiger partial charge < -0.3 is 5.73 Å². The predicted octanol–water partition coefficient (Wildman–Crippen LogP) is 2.11. The van der Waals surface area contributed by atoms with E-state index >= 15 is 0 Å². The Kier molecular flexibility index (Phi) is 2250. The molecule has 0 aliphatic rings. The van der Waals surface area contributed by atoms with Crippen molar-refractivity contribution in [2.24, 2.45) is 5.73 Å². The first-order valence-corrected chi connectivity index (χ1v) is 0.577. The predicted molar refractivity (Wildman–Crippen MR) is 53.6 cm³/mol. The Hall–Kier alpha value is 1.70. The summed E-state index contributed by atoms with van der Waals surface area (Å²) in [5.74, 6) is 0. The van der Waals surface area contributed by atoms with Crippen LogP contribution in [0.25, 0.3) is 0 Å². The van der Waals surface area contributed by atoms with Crippen molar-refractivity contribution in [1.82, 2.24) is 0 Å². The zero-order chi connectivity index (χ0) is 2.00. The van der Waals surface area contributed by atoms with Crippen molar-refractivity contribution in [3.05, 3.63) is 0 Å². The molecule has 0 atom stereocenters. The lowest BCUT2D eigenvalue weighted by Gasteiger charge is -1.19. The van der Waals surface area contributed by atoms with Crippen molar-refractivity contribution in [3.8, 4) is 0 Å². The second-order valence-electron chi connectivity index (χ2n) is 0. The van der Waals surface area contributed by atoms with Crippen LogP contribution < -0.4 is 5.73 Å². The second kappa shape index (κ2) is 178. The van der Waals surface area contributed by atoms with E-state index in [2.05, 4.69) is 5.73 Å². The van der Waals surface area contributed by atoms with Crippen LogP contribution >= 0.6 is 74.4 Å². The van der Waals surface area contributed by atoms with Crippen LogP contribution in [-0.4, -0.2) is 7.05 Å². The first-order chi connectivity index (χ1) is 1.00. The molecule has 0 heterocycles. The first-order valence-electron chi connectivity index (χ1n) is 0.577. The number of rotatable bonds is 0. The summed E-state index contributed by atoms with van der Waals surface area (Å²) >= 11 is 0. The largest absolute Gasteiger partial charge is 0.333 e. The molecule has 0 saturated heterocycles. The molecule has 0 aliphatic heterocycles. The van der Waals surface area contributed by atoms with Gasteiger partial charge in [0.2, 0.25) is 0 Å². The van der Waals surface area contributed by atoms with Gasteiger partial charge in [-0.3, -0.25) is 0 Å². The third-order valence-electron chi connectivity index (χ3n) is 0. The maximum absolute atomic E-state index is 4.50. The second-order valence-corrected chi connectivity index (χ2v) is 0. The van der Waals surface area contributed by atoms with Crippen LogP contribution in [-0.2, 0) is 0 Å². The normalized spacial score (nSPS) is 0.750. The molecule has 0 spiro atoms. The van der Waals surface area contributed by atoms with Crippen LogP contribution in [0.4, 0.5) is 0 Å². The van der Waals surface area contributed by atoms with Crippen LogP contribution in [0.3, 0.4) is 0 Å². The molecule has 0 aromatic carbocycles. The fourth-order valence-corrected chi connectivity index (χ4v) is 0. The van der Waals surface area contributed by atoms with E-state index in [0.29, 0.717) is 0 Å². The number of hydrogen-bond donors (Lipinski definition) is 1. The Morgan fingerprint density at radius 2 is 0.500 bits per heavy atom. The van der Waals surface area contributed by atoms with Crippen molar-refractivity contribution < 1.29 is 0 Å². The molecular formula is CH11Cl6N. The number of halogens is 6. The van der Waals surface area contributed by atoms with Crippen LogP contribution in [0.1, 0.15) is 0 Å². The molecule has 2 N–H and O–H groups in total. The Bertz CT molecular complexity index is 8.49. The highest BCUT2D eigenvalue weighted by Gasteiger charge is 0.836. The Labute approximate surface area is 87.0 Å². The minimum Gasteiger partial charge on any atom is -0.333 e. The van der Waals surface area contributed by atoms with Gasteiger partial charge >= 0.3 is 0 Å². The summed E-state index contributed by atoms with van der Waals surface area (Å²) in [5.41, 5.74) is 4.50. The zero-order valence-corrected chi connectivity index (χ0v) is 8.93. The summed E-state index contributed by atoms with van der Waals surface area (Å²) in [4.78, 5) is 0. The summed E-state index contributed by atoms with van der Waals surface area (Å²) in [6.45, 7) is 0. The van der Waals surface area contributed by atoms with Gasteiger partial charge in [0.25, 0.3) is 0 Å². The highest BCUT2D eigenvalue weighted by atomic mass is 35.5. The molecular weight excluding hydrogens is 239 g/mol. The minimum atomic E-state index is 0. The average molecular weight is 250 g/mol. The van der Waals surface area contributed by atoms with E-state index in [1.54, 1.807) is 0 Å². The van der Waals surface area contributed by atoms with E-state index in [0.717, 1.165) is 0 Å². The molecule has 0 bridgehead atoms. The van der Waals surface area contributed by atoms with Crippen LogP contribution in [0.2, 0.25) is 0 Å². The molecule has 0 unspecified atom stereocenters. The summed E-state index contributed by atoms with van der Waals surface area (Å²) in [6, 6.07) is 0. The molecule has 0 amide bonds. The van der Waals surface area contributed by atoms with Crippen molar-refractivity contribution in [2.45, 2.75) is 0 Å². The molecule has 7 heteroatoms. The highest BCUT2D eigenvalue weighted by Crippen LogP contribution is 0.695. The fraction of sp³-hybridized carbons (Fsp3) is 1.00.